The van der Waals surface area contributed by atoms with Crippen LogP contribution in [0.2, 0.25) is 0 Å². The van der Waals surface area contributed by atoms with Gasteiger partial charge in [0.25, 0.3) is 5.76 Å². The van der Waals surface area contributed by atoms with Crippen molar-refractivity contribution in [3.8, 4) is 0 Å². The summed E-state index contributed by atoms with van der Waals surface area (Å²) < 4.78 is 0. The summed E-state index contributed by atoms with van der Waals surface area (Å²) >= 11 is 0. The van der Waals surface area contributed by atoms with Gasteiger partial charge >= 0.3 is 11.9 Å². The van der Waals surface area contributed by atoms with Crippen molar-refractivity contribution in [2.24, 2.45) is 5.92 Å². The summed E-state index contributed by atoms with van der Waals surface area (Å²) in [6, 6.07) is 0. The van der Waals surface area contributed by atoms with E-state index in [1.165, 1.54) is 0 Å². The SMILES string of the molecule is CCCCC(CC)CC(C(=O)O)=C(OOC(C)(C)CCC)C(=O)O. The standard InChI is InChI=1S/C18H32O6/c1-6-9-10-13(8-3)12-14(16(19)20)15(17(21)22)23-24-18(4,5)11-7-2/h13H,6-12H2,1-5H3,(H,19,20)(H,21,22). The van der Waals surface area contributed by atoms with Gasteiger partial charge in [-0.3, -0.25) is 0 Å². The molecule has 0 radical (unpaired) electrons. The predicted molar refractivity (Wildman–Crippen MR) is 91.4 cm³/mol. The third kappa shape index (κ3) is 8.34. The Morgan fingerprint density at radius 1 is 1.04 bits per heavy atom. The Morgan fingerprint density at radius 3 is 2.08 bits per heavy atom. The van der Waals surface area contributed by atoms with E-state index in [1.807, 2.05) is 13.8 Å². The van der Waals surface area contributed by atoms with Crippen molar-refractivity contribution in [3.05, 3.63) is 11.3 Å². The molecule has 0 saturated heterocycles. The fourth-order valence-corrected chi connectivity index (χ4v) is 2.52. The molecule has 6 nitrogen and oxygen atoms in total. The van der Waals surface area contributed by atoms with Crippen LogP contribution in [0.5, 0.6) is 0 Å². The lowest BCUT2D eigenvalue weighted by Crippen LogP contribution is -2.26. The van der Waals surface area contributed by atoms with Gasteiger partial charge in [0.2, 0.25) is 0 Å². The van der Waals surface area contributed by atoms with E-state index in [4.69, 9.17) is 9.78 Å². The van der Waals surface area contributed by atoms with E-state index in [0.29, 0.717) is 6.42 Å². The van der Waals surface area contributed by atoms with Gasteiger partial charge in [-0.25, -0.2) is 9.59 Å². The third-order valence-corrected chi connectivity index (χ3v) is 3.97. The molecule has 0 amide bonds. The number of hydrogen-bond donors (Lipinski definition) is 2. The van der Waals surface area contributed by atoms with E-state index in [0.717, 1.165) is 32.1 Å². The van der Waals surface area contributed by atoms with Gasteiger partial charge in [-0.05, 0) is 32.6 Å². The average molecular weight is 344 g/mol. The first-order valence-electron chi connectivity index (χ1n) is 8.73. The van der Waals surface area contributed by atoms with Crippen LogP contribution < -0.4 is 0 Å². The minimum Gasteiger partial charge on any atom is -0.478 e. The zero-order chi connectivity index (χ0) is 18.8. The van der Waals surface area contributed by atoms with Crippen molar-refractivity contribution in [2.45, 2.75) is 85.2 Å². The first-order valence-corrected chi connectivity index (χ1v) is 8.73. The van der Waals surface area contributed by atoms with Crippen LogP contribution in [0.1, 0.15) is 79.6 Å². The topological polar surface area (TPSA) is 93.1 Å². The molecule has 0 fully saturated rings. The van der Waals surface area contributed by atoms with E-state index in [-0.39, 0.29) is 17.9 Å². The van der Waals surface area contributed by atoms with E-state index in [1.54, 1.807) is 13.8 Å². The van der Waals surface area contributed by atoms with E-state index < -0.39 is 23.3 Å². The molecule has 0 aromatic carbocycles. The summed E-state index contributed by atoms with van der Waals surface area (Å²) in [5, 5.41) is 18.8. The Labute approximate surface area is 144 Å². The first-order chi connectivity index (χ1) is 11.2. The molecule has 0 aliphatic rings. The molecule has 1 atom stereocenters. The molecule has 2 N–H and O–H groups in total. The molecule has 0 heterocycles. The van der Waals surface area contributed by atoms with Crippen LogP contribution in [0.3, 0.4) is 0 Å². The summed E-state index contributed by atoms with van der Waals surface area (Å²) in [6.07, 6.45) is 5.29. The largest absolute Gasteiger partial charge is 0.478 e. The fraction of sp³-hybridized carbons (Fsp3) is 0.778. The number of carboxylic acids is 2. The van der Waals surface area contributed by atoms with Crippen LogP contribution in [0.4, 0.5) is 0 Å². The smallest absolute Gasteiger partial charge is 0.375 e. The van der Waals surface area contributed by atoms with Crippen molar-refractivity contribution in [3.63, 3.8) is 0 Å². The molecule has 6 heteroatoms. The number of carbonyl (C=O) groups is 2. The molecule has 0 rings (SSSR count). The molecule has 0 aliphatic carbocycles. The monoisotopic (exact) mass is 344 g/mol. The Kier molecular flexibility index (Phi) is 10.4. The van der Waals surface area contributed by atoms with Crippen LogP contribution in [-0.4, -0.2) is 27.8 Å². The lowest BCUT2D eigenvalue weighted by Gasteiger charge is -2.23. The number of rotatable bonds is 13. The molecule has 0 saturated carbocycles. The average Bonchev–Trinajstić information content (AvgIpc) is 2.48. The second-order valence-electron chi connectivity index (χ2n) is 6.71. The maximum absolute atomic E-state index is 11.6. The highest BCUT2D eigenvalue weighted by molar-refractivity contribution is 5.97. The van der Waals surface area contributed by atoms with Crippen LogP contribution in [0, 0.1) is 5.92 Å². The van der Waals surface area contributed by atoms with Crippen LogP contribution in [-0.2, 0) is 19.4 Å². The molecule has 0 aromatic heterocycles. The molecule has 0 aromatic rings. The molecule has 24 heavy (non-hydrogen) atoms. The fourth-order valence-electron chi connectivity index (χ4n) is 2.52. The van der Waals surface area contributed by atoms with Gasteiger partial charge in [-0.1, -0.05) is 52.9 Å². The maximum atomic E-state index is 11.6. The second-order valence-corrected chi connectivity index (χ2v) is 6.71. The van der Waals surface area contributed by atoms with Gasteiger partial charge in [-0.2, -0.15) is 4.89 Å². The highest BCUT2D eigenvalue weighted by Gasteiger charge is 2.28. The zero-order valence-corrected chi connectivity index (χ0v) is 15.6. The number of hydrogen-bond acceptors (Lipinski definition) is 4. The summed E-state index contributed by atoms with van der Waals surface area (Å²) in [6.45, 7) is 9.55. The van der Waals surface area contributed by atoms with Crippen LogP contribution in [0.25, 0.3) is 0 Å². The summed E-state index contributed by atoms with van der Waals surface area (Å²) in [5.41, 5.74) is -0.927. The summed E-state index contributed by atoms with van der Waals surface area (Å²) in [4.78, 5) is 33.3. The first kappa shape index (κ1) is 22.4. The normalized spacial score (nSPS) is 14.0. The van der Waals surface area contributed by atoms with E-state index in [2.05, 4.69) is 6.92 Å². The number of carboxylic acid groups (broad SMARTS) is 2. The Bertz CT molecular complexity index is 439. The minimum atomic E-state index is -1.43. The van der Waals surface area contributed by atoms with Crippen molar-refractivity contribution in [2.75, 3.05) is 0 Å². The molecule has 140 valence electrons. The molecular formula is C18H32O6. The van der Waals surface area contributed by atoms with Gasteiger partial charge in [0.05, 0.1) is 5.57 Å². The Hall–Kier alpha value is -1.56. The number of aliphatic carboxylic acids is 2. The van der Waals surface area contributed by atoms with Gasteiger partial charge in [-0.15, -0.1) is 0 Å². The Morgan fingerprint density at radius 2 is 1.67 bits per heavy atom. The van der Waals surface area contributed by atoms with Gasteiger partial charge in [0, 0.05) is 0 Å². The van der Waals surface area contributed by atoms with Crippen LogP contribution >= 0.6 is 0 Å². The Balaban J connectivity index is 5.35. The second kappa shape index (κ2) is 11.1. The molecular weight excluding hydrogens is 312 g/mol. The van der Waals surface area contributed by atoms with Crippen LogP contribution in [0.15, 0.2) is 11.3 Å². The van der Waals surface area contributed by atoms with Crippen molar-refractivity contribution in [1.82, 2.24) is 0 Å². The number of unbranched alkanes of at least 4 members (excludes halogenated alkanes) is 1. The molecule has 1 unspecified atom stereocenters. The van der Waals surface area contributed by atoms with Crippen molar-refractivity contribution in [1.29, 1.82) is 0 Å². The predicted octanol–water partition coefficient (Wildman–Crippen LogP) is 4.54. The van der Waals surface area contributed by atoms with Gasteiger partial charge < -0.3 is 15.1 Å². The lowest BCUT2D eigenvalue weighted by atomic mass is 9.91. The lowest BCUT2D eigenvalue weighted by molar-refractivity contribution is -0.327. The quantitative estimate of drug-likeness (QED) is 0.220. The zero-order valence-electron chi connectivity index (χ0n) is 15.6. The maximum Gasteiger partial charge on any atom is 0.375 e. The molecule has 0 spiro atoms. The van der Waals surface area contributed by atoms with Gasteiger partial charge in [0.15, 0.2) is 0 Å². The molecule has 0 bridgehead atoms. The van der Waals surface area contributed by atoms with Crippen molar-refractivity contribution >= 4 is 11.9 Å². The van der Waals surface area contributed by atoms with E-state index in [9.17, 15) is 19.8 Å². The molecule has 0 aliphatic heterocycles. The third-order valence-electron chi connectivity index (χ3n) is 3.97. The summed E-state index contributed by atoms with van der Waals surface area (Å²) in [7, 11) is 0. The minimum absolute atomic E-state index is 0.109. The van der Waals surface area contributed by atoms with Gasteiger partial charge in [0.1, 0.15) is 5.60 Å². The van der Waals surface area contributed by atoms with E-state index >= 15 is 0 Å². The summed E-state index contributed by atoms with van der Waals surface area (Å²) in [5.74, 6) is -3.22. The van der Waals surface area contributed by atoms with Crippen molar-refractivity contribution < 1.29 is 29.6 Å². The highest BCUT2D eigenvalue weighted by Crippen LogP contribution is 2.26. The highest BCUT2D eigenvalue weighted by atomic mass is 17.2.